The van der Waals surface area contributed by atoms with E-state index in [1.807, 2.05) is 4.90 Å². The molecule has 1 saturated heterocycles. The van der Waals surface area contributed by atoms with Crippen molar-refractivity contribution in [2.75, 3.05) is 39.8 Å². The number of nitrogens with one attached hydrogen (secondary N) is 1. The minimum atomic E-state index is 0.213. The Morgan fingerprint density at radius 2 is 2.17 bits per heavy atom. The molecule has 1 aromatic heterocycles. The number of carbonyl (C=O) groups excluding carboxylic acids is 1. The van der Waals surface area contributed by atoms with Gasteiger partial charge in [-0.05, 0) is 36.4 Å². The quantitative estimate of drug-likeness (QED) is 0.889. The third-order valence-corrected chi connectivity index (χ3v) is 4.16. The van der Waals surface area contributed by atoms with Gasteiger partial charge in [-0.15, -0.1) is 0 Å². The summed E-state index contributed by atoms with van der Waals surface area (Å²) in [6.45, 7) is 6.19. The second-order valence-corrected chi connectivity index (χ2v) is 5.62. The van der Waals surface area contributed by atoms with Crippen molar-refractivity contribution in [2.45, 2.75) is 13.0 Å². The highest BCUT2D eigenvalue weighted by Gasteiger charge is 2.19. The number of nitrogens with zero attached hydrogens (tertiary/aromatic N) is 2. The number of likely N-dealkylation sites (N-methyl/N-ethyl adjacent to an activating group) is 1. The van der Waals surface area contributed by atoms with Crippen LogP contribution < -0.4 is 5.32 Å². The van der Waals surface area contributed by atoms with Crippen molar-refractivity contribution in [3.05, 3.63) is 22.4 Å². The summed E-state index contributed by atoms with van der Waals surface area (Å²) in [7, 11) is 2.10. The van der Waals surface area contributed by atoms with Crippen LogP contribution in [0.4, 0.5) is 0 Å². The van der Waals surface area contributed by atoms with Crippen molar-refractivity contribution < 1.29 is 4.79 Å². The van der Waals surface area contributed by atoms with Crippen molar-refractivity contribution in [3.63, 3.8) is 0 Å². The lowest BCUT2D eigenvalue weighted by Crippen LogP contribution is -2.49. The van der Waals surface area contributed by atoms with Crippen LogP contribution in [0.25, 0.3) is 0 Å². The average molecular weight is 267 g/mol. The Kier molecular flexibility index (Phi) is 4.74. The zero-order chi connectivity index (χ0) is 13.0. The van der Waals surface area contributed by atoms with E-state index in [1.54, 1.807) is 11.3 Å². The van der Waals surface area contributed by atoms with Crippen molar-refractivity contribution in [1.29, 1.82) is 0 Å². The molecule has 0 bridgehead atoms. The van der Waals surface area contributed by atoms with Gasteiger partial charge in [0.1, 0.15) is 0 Å². The maximum Gasteiger partial charge on any atom is 0.236 e. The number of amides is 1. The third-order valence-electron chi connectivity index (χ3n) is 3.46. The molecule has 0 aliphatic carbocycles. The van der Waals surface area contributed by atoms with Gasteiger partial charge in [-0.2, -0.15) is 11.3 Å². The van der Waals surface area contributed by atoms with E-state index in [0.29, 0.717) is 6.54 Å². The summed E-state index contributed by atoms with van der Waals surface area (Å²) in [6.07, 6.45) is 0. The zero-order valence-electron chi connectivity index (χ0n) is 11.1. The molecule has 1 amide bonds. The maximum atomic E-state index is 12.0. The van der Waals surface area contributed by atoms with Crippen LogP contribution >= 0.6 is 11.3 Å². The molecule has 5 heteroatoms. The van der Waals surface area contributed by atoms with Crippen LogP contribution in [-0.2, 0) is 4.79 Å². The minimum Gasteiger partial charge on any atom is -0.339 e. The van der Waals surface area contributed by atoms with Crippen LogP contribution in [-0.4, -0.2) is 55.5 Å². The van der Waals surface area contributed by atoms with Crippen LogP contribution in [0.15, 0.2) is 16.8 Å². The molecule has 1 fully saturated rings. The van der Waals surface area contributed by atoms with Gasteiger partial charge in [0.25, 0.3) is 0 Å². The first-order chi connectivity index (χ1) is 8.66. The Labute approximate surface area is 113 Å². The Morgan fingerprint density at radius 3 is 2.78 bits per heavy atom. The van der Waals surface area contributed by atoms with Gasteiger partial charge in [-0.3, -0.25) is 4.79 Å². The lowest BCUT2D eigenvalue weighted by molar-refractivity contribution is -0.131. The van der Waals surface area contributed by atoms with E-state index in [2.05, 4.69) is 41.0 Å². The molecule has 1 atom stereocenters. The molecule has 1 unspecified atom stereocenters. The molecule has 0 spiro atoms. The second kappa shape index (κ2) is 6.31. The monoisotopic (exact) mass is 267 g/mol. The topological polar surface area (TPSA) is 35.6 Å². The summed E-state index contributed by atoms with van der Waals surface area (Å²) in [4.78, 5) is 16.2. The van der Waals surface area contributed by atoms with Gasteiger partial charge in [-0.1, -0.05) is 0 Å². The fourth-order valence-electron chi connectivity index (χ4n) is 2.05. The largest absolute Gasteiger partial charge is 0.339 e. The first-order valence-corrected chi connectivity index (χ1v) is 7.33. The minimum absolute atomic E-state index is 0.213. The third kappa shape index (κ3) is 3.54. The summed E-state index contributed by atoms with van der Waals surface area (Å²) < 4.78 is 0. The predicted octanol–water partition coefficient (Wildman–Crippen LogP) is 1.17. The van der Waals surface area contributed by atoms with Gasteiger partial charge in [0, 0.05) is 32.2 Å². The summed E-state index contributed by atoms with van der Waals surface area (Å²) in [5, 5.41) is 7.48. The molecule has 0 aromatic carbocycles. The highest BCUT2D eigenvalue weighted by molar-refractivity contribution is 7.07. The van der Waals surface area contributed by atoms with E-state index in [1.165, 1.54) is 5.56 Å². The van der Waals surface area contributed by atoms with Crippen molar-refractivity contribution in [1.82, 2.24) is 15.1 Å². The summed E-state index contributed by atoms with van der Waals surface area (Å²) in [6, 6.07) is 2.34. The van der Waals surface area contributed by atoms with Crippen LogP contribution in [0.2, 0.25) is 0 Å². The van der Waals surface area contributed by atoms with E-state index < -0.39 is 0 Å². The number of hydrogen-bond acceptors (Lipinski definition) is 4. The smallest absolute Gasteiger partial charge is 0.236 e. The molecule has 0 saturated carbocycles. The molecular formula is C13H21N3OS. The fourth-order valence-corrected chi connectivity index (χ4v) is 2.80. The van der Waals surface area contributed by atoms with Crippen LogP contribution in [0, 0.1) is 0 Å². The molecule has 1 aromatic rings. The molecular weight excluding hydrogens is 246 g/mol. The Bertz CT molecular complexity index is 372. The second-order valence-electron chi connectivity index (χ2n) is 4.84. The van der Waals surface area contributed by atoms with E-state index in [-0.39, 0.29) is 11.9 Å². The number of hydrogen-bond donors (Lipinski definition) is 1. The molecule has 1 N–H and O–H groups in total. The van der Waals surface area contributed by atoms with Crippen LogP contribution in [0.1, 0.15) is 18.5 Å². The van der Waals surface area contributed by atoms with Crippen LogP contribution in [0.5, 0.6) is 0 Å². The molecule has 0 radical (unpaired) electrons. The molecule has 100 valence electrons. The molecule has 2 heterocycles. The van der Waals surface area contributed by atoms with Crippen LogP contribution in [0.3, 0.4) is 0 Å². The first kappa shape index (κ1) is 13.5. The van der Waals surface area contributed by atoms with Gasteiger partial charge in [0.05, 0.1) is 6.54 Å². The maximum absolute atomic E-state index is 12.0. The zero-order valence-corrected chi connectivity index (χ0v) is 11.9. The van der Waals surface area contributed by atoms with Gasteiger partial charge >= 0.3 is 0 Å². The van der Waals surface area contributed by atoms with Crippen molar-refractivity contribution >= 4 is 17.2 Å². The highest BCUT2D eigenvalue weighted by atomic mass is 32.1. The average Bonchev–Trinajstić information content (AvgIpc) is 2.90. The Balaban J connectivity index is 1.75. The summed E-state index contributed by atoms with van der Waals surface area (Å²) >= 11 is 1.69. The van der Waals surface area contributed by atoms with Crippen molar-refractivity contribution in [3.8, 4) is 0 Å². The summed E-state index contributed by atoms with van der Waals surface area (Å²) in [5.74, 6) is 0.213. The molecule has 2 rings (SSSR count). The van der Waals surface area contributed by atoms with E-state index in [9.17, 15) is 4.79 Å². The van der Waals surface area contributed by atoms with Gasteiger partial charge in [0.2, 0.25) is 5.91 Å². The Hall–Kier alpha value is -0.910. The molecule has 18 heavy (non-hydrogen) atoms. The molecule has 1 aliphatic rings. The highest BCUT2D eigenvalue weighted by Crippen LogP contribution is 2.15. The number of rotatable bonds is 4. The van der Waals surface area contributed by atoms with Gasteiger partial charge in [0.15, 0.2) is 0 Å². The lowest BCUT2D eigenvalue weighted by atomic mass is 10.2. The number of carbonyl (C=O) groups is 1. The van der Waals surface area contributed by atoms with E-state index in [4.69, 9.17) is 0 Å². The standard InChI is InChI=1S/C13H21N3OS/c1-11(12-3-8-18-10-12)14-9-13(17)16-6-4-15(2)5-7-16/h3,8,10-11,14H,4-7,9H2,1-2H3. The normalized spacial score (nSPS) is 18.9. The first-order valence-electron chi connectivity index (χ1n) is 6.38. The summed E-state index contributed by atoms with van der Waals surface area (Å²) in [5.41, 5.74) is 1.26. The van der Waals surface area contributed by atoms with Crippen molar-refractivity contribution in [2.24, 2.45) is 0 Å². The van der Waals surface area contributed by atoms with E-state index in [0.717, 1.165) is 26.2 Å². The predicted molar refractivity (Wildman–Crippen MR) is 74.8 cm³/mol. The number of piperazine rings is 1. The fraction of sp³-hybridized carbons (Fsp3) is 0.615. The Morgan fingerprint density at radius 1 is 1.44 bits per heavy atom. The van der Waals surface area contributed by atoms with Gasteiger partial charge in [-0.25, -0.2) is 0 Å². The lowest BCUT2D eigenvalue weighted by Gasteiger charge is -2.32. The molecule has 1 aliphatic heterocycles. The number of thiophene rings is 1. The van der Waals surface area contributed by atoms with Gasteiger partial charge < -0.3 is 15.1 Å². The SMILES string of the molecule is CC(NCC(=O)N1CCN(C)CC1)c1ccsc1. The van der Waals surface area contributed by atoms with E-state index >= 15 is 0 Å². The molecule has 4 nitrogen and oxygen atoms in total.